The highest BCUT2D eigenvalue weighted by molar-refractivity contribution is 6.06. The minimum atomic E-state index is -0.790. The Morgan fingerprint density at radius 3 is 2.58 bits per heavy atom. The predicted molar refractivity (Wildman–Crippen MR) is 150 cm³/mol. The van der Waals surface area contributed by atoms with Crippen LogP contribution in [0.1, 0.15) is 54.2 Å². The molecule has 2 heterocycles. The van der Waals surface area contributed by atoms with Crippen molar-refractivity contribution < 1.29 is 28.6 Å². The van der Waals surface area contributed by atoms with E-state index in [4.69, 9.17) is 14.2 Å². The third-order valence-corrected chi connectivity index (χ3v) is 6.72. The standard InChI is InChI=1S/C31H31N3O6/c1-3-5-16-34-28(20-10-7-6-8-11-20)26(30(36)38-4-2)27(33-31(34)37)21-12-9-13-23(17-21)32-29(35)22-14-15-24-25(18-22)40-19-39-24/h6-15,17-18,27H,3-5,16,19H2,1-2H3,(H,32,35)(H,33,37)/t27-/m0/s1. The van der Waals surface area contributed by atoms with Crippen molar-refractivity contribution in [2.45, 2.75) is 32.7 Å². The van der Waals surface area contributed by atoms with E-state index in [2.05, 4.69) is 10.6 Å². The molecule has 0 spiro atoms. The molecule has 0 fully saturated rings. The van der Waals surface area contributed by atoms with Crippen molar-refractivity contribution >= 4 is 29.3 Å². The molecule has 40 heavy (non-hydrogen) atoms. The van der Waals surface area contributed by atoms with Gasteiger partial charge in [0, 0.05) is 17.8 Å². The molecule has 0 bridgehead atoms. The molecule has 3 aromatic carbocycles. The minimum absolute atomic E-state index is 0.118. The molecule has 0 radical (unpaired) electrons. The fourth-order valence-electron chi connectivity index (χ4n) is 4.80. The zero-order valence-electron chi connectivity index (χ0n) is 22.4. The number of esters is 1. The summed E-state index contributed by atoms with van der Waals surface area (Å²) >= 11 is 0. The second-order valence-corrected chi connectivity index (χ2v) is 9.38. The second kappa shape index (κ2) is 11.9. The fourth-order valence-corrected chi connectivity index (χ4v) is 4.80. The molecular weight excluding hydrogens is 510 g/mol. The average molecular weight is 542 g/mol. The number of amides is 3. The Morgan fingerprint density at radius 2 is 1.80 bits per heavy atom. The van der Waals surface area contributed by atoms with E-state index in [-0.39, 0.29) is 25.3 Å². The monoisotopic (exact) mass is 541 g/mol. The molecule has 2 aliphatic rings. The van der Waals surface area contributed by atoms with Crippen molar-refractivity contribution in [1.29, 1.82) is 0 Å². The molecule has 0 aromatic heterocycles. The number of fused-ring (bicyclic) bond motifs is 1. The van der Waals surface area contributed by atoms with Crippen LogP contribution in [0.25, 0.3) is 5.70 Å². The lowest BCUT2D eigenvalue weighted by atomic mass is 9.91. The maximum Gasteiger partial charge on any atom is 0.338 e. The largest absolute Gasteiger partial charge is 0.463 e. The normalized spacial score (nSPS) is 16.0. The van der Waals surface area contributed by atoms with Crippen LogP contribution in [-0.2, 0) is 9.53 Å². The maximum absolute atomic E-state index is 13.5. The number of anilines is 1. The van der Waals surface area contributed by atoms with Crippen LogP contribution < -0.4 is 20.1 Å². The molecule has 2 N–H and O–H groups in total. The van der Waals surface area contributed by atoms with Crippen LogP contribution >= 0.6 is 0 Å². The van der Waals surface area contributed by atoms with E-state index in [1.54, 1.807) is 48.2 Å². The van der Waals surface area contributed by atoms with Gasteiger partial charge in [0.1, 0.15) is 0 Å². The zero-order chi connectivity index (χ0) is 28.1. The Balaban J connectivity index is 1.53. The van der Waals surface area contributed by atoms with Gasteiger partial charge in [-0.2, -0.15) is 0 Å². The van der Waals surface area contributed by atoms with Gasteiger partial charge in [-0.3, -0.25) is 9.69 Å². The van der Waals surface area contributed by atoms with Gasteiger partial charge in [-0.15, -0.1) is 0 Å². The highest BCUT2D eigenvalue weighted by Crippen LogP contribution is 2.38. The van der Waals surface area contributed by atoms with E-state index in [0.29, 0.717) is 46.1 Å². The van der Waals surface area contributed by atoms with Crippen molar-refractivity contribution in [3.8, 4) is 11.5 Å². The van der Waals surface area contributed by atoms with Crippen molar-refractivity contribution in [2.24, 2.45) is 0 Å². The fraction of sp³-hybridized carbons (Fsp3) is 0.258. The third-order valence-electron chi connectivity index (χ3n) is 6.72. The van der Waals surface area contributed by atoms with E-state index in [0.717, 1.165) is 18.4 Å². The van der Waals surface area contributed by atoms with Crippen LogP contribution in [0.15, 0.2) is 78.4 Å². The number of benzene rings is 3. The van der Waals surface area contributed by atoms with Gasteiger partial charge >= 0.3 is 12.0 Å². The molecule has 3 aromatic rings. The topological polar surface area (TPSA) is 106 Å². The molecule has 9 heteroatoms. The summed E-state index contributed by atoms with van der Waals surface area (Å²) in [5, 5.41) is 5.90. The Bertz CT molecular complexity index is 1450. The quantitative estimate of drug-likeness (QED) is 0.346. The number of rotatable bonds is 9. The molecule has 1 atom stereocenters. The molecule has 0 saturated heterocycles. The second-order valence-electron chi connectivity index (χ2n) is 9.38. The van der Waals surface area contributed by atoms with Gasteiger partial charge in [0.25, 0.3) is 5.91 Å². The number of nitrogens with one attached hydrogen (secondary N) is 2. The van der Waals surface area contributed by atoms with Crippen molar-refractivity contribution in [1.82, 2.24) is 10.2 Å². The first kappa shape index (κ1) is 26.8. The van der Waals surface area contributed by atoms with Crippen LogP contribution in [0.5, 0.6) is 11.5 Å². The van der Waals surface area contributed by atoms with Gasteiger partial charge in [0.15, 0.2) is 11.5 Å². The van der Waals surface area contributed by atoms with Crippen molar-refractivity contribution in [2.75, 3.05) is 25.3 Å². The van der Waals surface area contributed by atoms with Gasteiger partial charge in [0.05, 0.1) is 23.9 Å². The molecule has 3 amide bonds. The smallest absolute Gasteiger partial charge is 0.338 e. The zero-order valence-corrected chi connectivity index (χ0v) is 22.4. The number of unbranched alkanes of at least 4 members (excludes halogenated alkanes) is 1. The first-order chi connectivity index (χ1) is 19.5. The number of ether oxygens (including phenoxy) is 3. The number of hydrogen-bond donors (Lipinski definition) is 2. The number of carbonyl (C=O) groups is 3. The summed E-state index contributed by atoms with van der Waals surface area (Å²) in [4.78, 5) is 41.6. The van der Waals surface area contributed by atoms with E-state index in [9.17, 15) is 14.4 Å². The highest BCUT2D eigenvalue weighted by Gasteiger charge is 2.38. The third kappa shape index (κ3) is 5.49. The molecular formula is C31H31N3O6. The lowest BCUT2D eigenvalue weighted by molar-refractivity contribution is -0.138. The molecule has 9 nitrogen and oxygen atoms in total. The molecule has 0 saturated carbocycles. The Labute approximate surface area is 232 Å². The maximum atomic E-state index is 13.5. The summed E-state index contributed by atoms with van der Waals surface area (Å²) in [5.74, 6) is 0.256. The van der Waals surface area contributed by atoms with E-state index in [1.165, 1.54) is 0 Å². The van der Waals surface area contributed by atoms with Crippen LogP contribution in [0.3, 0.4) is 0 Å². The predicted octanol–water partition coefficient (Wildman–Crippen LogP) is 5.51. The van der Waals surface area contributed by atoms with Gasteiger partial charge in [-0.05, 0) is 54.8 Å². The first-order valence-corrected chi connectivity index (χ1v) is 13.4. The van der Waals surface area contributed by atoms with Gasteiger partial charge in [-0.1, -0.05) is 55.8 Å². The van der Waals surface area contributed by atoms with Crippen LogP contribution in [0.2, 0.25) is 0 Å². The highest BCUT2D eigenvalue weighted by atomic mass is 16.7. The van der Waals surface area contributed by atoms with Gasteiger partial charge in [0.2, 0.25) is 6.79 Å². The average Bonchev–Trinajstić information content (AvgIpc) is 3.45. The summed E-state index contributed by atoms with van der Waals surface area (Å²) in [6, 6.07) is 20.3. The van der Waals surface area contributed by atoms with E-state index < -0.39 is 12.0 Å². The summed E-state index contributed by atoms with van der Waals surface area (Å²) in [6.07, 6.45) is 1.65. The van der Waals surface area contributed by atoms with E-state index >= 15 is 0 Å². The molecule has 0 unspecified atom stereocenters. The lowest BCUT2D eigenvalue weighted by Crippen LogP contribution is -2.48. The summed E-state index contributed by atoms with van der Waals surface area (Å²) in [6.45, 7) is 4.55. The first-order valence-electron chi connectivity index (χ1n) is 13.4. The SMILES string of the molecule is CCCCN1C(=O)N[C@@H](c2cccc(NC(=O)c3ccc4c(c3)OCO4)c2)C(C(=O)OCC)=C1c1ccccc1. The summed E-state index contributed by atoms with van der Waals surface area (Å²) in [7, 11) is 0. The Morgan fingerprint density at radius 1 is 1.00 bits per heavy atom. The van der Waals surface area contributed by atoms with Crippen LogP contribution in [0.4, 0.5) is 10.5 Å². The van der Waals surface area contributed by atoms with Gasteiger partial charge < -0.3 is 24.8 Å². The molecule has 5 rings (SSSR count). The van der Waals surface area contributed by atoms with Crippen molar-refractivity contribution in [3.05, 3.63) is 95.1 Å². The van der Waals surface area contributed by atoms with Crippen molar-refractivity contribution in [3.63, 3.8) is 0 Å². The molecule has 206 valence electrons. The number of urea groups is 1. The summed E-state index contributed by atoms with van der Waals surface area (Å²) in [5.41, 5.74) is 3.15. The Hall–Kier alpha value is -4.79. The lowest BCUT2D eigenvalue weighted by Gasteiger charge is -2.37. The van der Waals surface area contributed by atoms with Gasteiger partial charge in [-0.25, -0.2) is 9.59 Å². The molecule has 2 aliphatic heterocycles. The molecule has 0 aliphatic carbocycles. The summed E-state index contributed by atoms with van der Waals surface area (Å²) < 4.78 is 16.2. The minimum Gasteiger partial charge on any atom is -0.463 e. The van der Waals surface area contributed by atoms with Crippen LogP contribution in [-0.4, -0.2) is 42.8 Å². The van der Waals surface area contributed by atoms with Crippen LogP contribution in [0, 0.1) is 0 Å². The van der Waals surface area contributed by atoms with E-state index in [1.807, 2.05) is 43.3 Å². The Kier molecular flexibility index (Phi) is 8.00. The number of carbonyl (C=O) groups excluding carboxylic acids is 3. The number of hydrogen-bond acceptors (Lipinski definition) is 6. The number of nitrogens with zero attached hydrogens (tertiary/aromatic N) is 1.